The minimum absolute atomic E-state index is 0.0960. The summed E-state index contributed by atoms with van der Waals surface area (Å²) < 4.78 is 16.1. The molecule has 1 heterocycles. The van der Waals surface area contributed by atoms with Crippen LogP contribution in [0.1, 0.15) is 22.3 Å². The average Bonchev–Trinajstić information content (AvgIpc) is 3.41. The van der Waals surface area contributed by atoms with Gasteiger partial charge in [0.1, 0.15) is 6.54 Å². The van der Waals surface area contributed by atoms with E-state index in [0.29, 0.717) is 43.3 Å². The van der Waals surface area contributed by atoms with E-state index in [4.69, 9.17) is 14.2 Å². The molecule has 3 aromatic carbocycles. The molecule has 0 saturated carbocycles. The number of methoxy groups -OCH3 is 3. The molecule has 0 aliphatic heterocycles. The van der Waals surface area contributed by atoms with Crippen molar-refractivity contribution in [3.05, 3.63) is 89.1 Å². The molecule has 0 aliphatic rings. The molecule has 3 amide bonds. The number of carbonyl (C=O) groups is 2. The summed E-state index contributed by atoms with van der Waals surface area (Å²) in [6.07, 6.45) is 2.64. The van der Waals surface area contributed by atoms with Crippen molar-refractivity contribution < 1.29 is 23.8 Å². The molecule has 0 saturated heterocycles. The molecule has 0 radical (unpaired) electrons. The lowest BCUT2D eigenvalue weighted by Gasteiger charge is -2.28. The fraction of sp³-hybridized carbons (Fsp3) is 0.333. The number of benzene rings is 3. The van der Waals surface area contributed by atoms with Gasteiger partial charge in [-0.3, -0.25) is 4.79 Å². The van der Waals surface area contributed by atoms with Gasteiger partial charge in [-0.2, -0.15) is 0 Å². The number of urea groups is 1. The quantitative estimate of drug-likeness (QED) is 0.219. The van der Waals surface area contributed by atoms with Gasteiger partial charge < -0.3 is 34.3 Å². The summed E-state index contributed by atoms with van der Waals surface area (Å²) in [5, 5.41) is 4.07. The summed E-state index contributed by atoms with van der Waals surface area (Å²) in [6.45, 7) is 5.31. The van der Waals surface area contributed by atoms with Crippen LogP contribution in [0.15, 0.2) is 66.9 Å². The van der Waals surface area contributed by atoms with Gasteiger partial charge in [0.2, 0.25) is 5.91 Å². The monoisotopic (exact) mass is 572 g/mol. The molecule has 1 aromatic heterocycles. The van der Waals surface area contributed by atoms with Crippen molar-refractivity contribution in [1.82, 2.24) is 14.8 Å². The summed E-state index contributed by atoms with van der Waals surface area (Å²) in [4.78, 5) is 33.8. The van der Waals surface area contributed by atoms with Crippen LogP contribution in [-0.2, 0) is 22.5 Å². The van der Waals surface area contributed by atoms with Gasteiger partial charge in [0, 0.05) is 49.5 Å². The number of fused-ring (bicyclic) bond motifs is 1. The largest absolute Gasteiger partial charge is 0.493 e. The standard InChI is InChI=1S/C33H40N4O5/c1-23-10-12-27(18-24(23)2)35-33(39)37(16-17-40-3)22-32(38)36(21-25-11-13-30(41-4)31(19-25)42-5)15-14-26-20-34-29-9-7-6-8-28(26)29/h6-13,18-20,34H,14-17,21-22H2,1-5H3,(H,35,39). The number of aromatic nitrogens is 1. The molecule has 9 nitrogen and oxygen atoms in total. The Hall–Kier alpha value is -4.50. The van der Waals surface area contributed by atoms with E-state index >= 15 is 0 Å². The number of amides is 3. The Morgan fingerprint density at radius 3 is 2.38 bits per heavy atom. The normalized spacial score (nSPS) is 10.9. The highest BCUT2D eigenvalue weighted by atomic mass is 16.5. The van der Waals surface area contributed by atoms with E-state index in [1.165, 1.54) is 4.90 Å². The SMILES string of the molecule is COCCN(CC(=O)N(CCc1c[nH]c2ccccc12)Cc1ccc(OC)c(OC)c1)C(=O)Nc1ccc(C)c(C)c1. The molecule has 0 atom stereocenters. The molecule has 0 fully saturated rings. The predicted molar refractivity (Wildman–Crippen MR) is 165 cm³/mol. The van der Waals surface area contributed by atoms with Crippen LogP contribution in [0.2, 0.25) is 0 Å². The van der Waals surface area contributed by atoms with E-state index < -0.39 is 0 Å². The lowest BCUT2D eigenvalue weighted by atomic mass is 10.1. The molecular weight excluding hydrogens is 532 g/mol. The van der Waals surface area contributed by atoms with Crippen LogP contribution in [0, 0.1) is 13.8 Å². The minimum atomic E-state index is -0.355. The number of para-hydroxylation sites is 1. The van der Waals surface area contributed by atoms with E-state index in [0.717, 1.165) is 33.2 Å². The first-order valence-electron chi connectivity index (χ1n) is 14.0. The number of nitrogens with zero attached hydrogens (tertiary/aromatic N) is 2. The van der Waals surface area contributed by atoms with E-state index in [2.05, 4.69) is 16.4 Å². The lowest BCUT2D eigenvalue weighted by Crippen LogP contribution is -2.46. The van der Waals surface area contributed by atoms with Crippen molar-refractivity contribution in [2.24, 2.45) is 0 Å². The summed E-state index contributed by atoms with van der Waals surface area (Å²) in [5.74, 6) is 1.04. The Kier molecular flexibility index (Phi) is 10.4. The van der Waals surface area contributed by atoms with Crippen LogP contribution in [0.3, 0.4) is 0 Å². The van der Waals surface area contributed by atoms with Gasteiger partial charge >= 0.3 is 6.03 Å². The van der Waals surface area contributed by atoms with E-state index in [-0.39, 0.29) is 25.0 Å². The Morgan fingerprint density at radius 1 is 0.857 bits per heavy atom. The van der Waals surface area contributed by atoms with Crippen LogP contribution in [0.5, 0.6) is 11.5 Å². The summed E-state index contributed by atoms with van der Waals surface area (Å²) in [7, 11) is 4.75. The molecule has 9 heteroatoms. The van der Waals surface area contributed by atoms with Crippen molar-refractivity contribution in [2.45, 2.75) is 26.8 Å². The Balaban J connectivity index is 1.55. The number of H-pyrrole nitrogens is 1. The second-order valence-corrected chi connectivity index (χ2v) is 10.3. The number of hydrogen-bond acceptors (Lipinski definition) is 5. The third kappa shape index (κ3) is 7.61. The molecule has 42 heavy (non-hydrogen) atoms. The van der Waals surface area contributed by atoms with E-state index in [9.17, 15) is 9.59 Å². The van der Waals surface area contributed by atoms with Gasteiger partial charge in [-0.05, 0) is 72.9 Å². The number of hydrogen-bond donors (Lipinski definition) is 2. The van der Waals surface area contributed by atoms with Crippen LogP contribution >= 0.6 is 0 Å². The fourth-order valence-electron chi connectivity index (χ4n) is 4.82. The molecule has 0 bridgehead atoms. The van der Waals surface area contributed by atoms with Crippen LogP contribution in [0.25, 0.3) is 10.9 Å². The molecule has 4 aromatic rings. The highest BCUT2D eigenvalue weighted by Gasteiger charge is 2.23. The third-order valence-electron chi connectivity index (χ3n) is 7.44. The highest BCUT2D eigenvalue weighted by Crippen LogP contribution is 2.28. The number of carbonyl (C=O) groups excluding carboxylic acids is 2. The van der Waals surface area contributed by atoms with Gasteiger partial charge in [0.05, 0.1) is 20.8 Å². The van der Waals surface area contributed by atoms with Gasteiger partial charge in [-0.15, -0.1) is 0 Å². The number of nitrogens with one attached hydrogen (secondary N) is 2. The molecular formula is C33H40N4O5. The zero-order valence-electron chi connectivity index (χ0n) is 25.0. The molecule has 222 valence electrons. The predicted octanol–water partition coefficient (Wildman–Crippen LogP) is 5.55. The Bertz CT molecular complexity index is 1520. The molecule has 0 spiro atoms. The summed E-state index contributed by atoms with van der Waals surface area (Å²) in [6, 6.07) is 19.1. The maximum Gasteiger partial charge on any atom is 0.322 e. The third-order valence-corrected chi connectivity index (χ3v) is 7.44. The number of aromatic amines is 1. The summed E-state index contributed by atoms with van der Waals surface area (Å²) >= 11 is 0. The number of anilines is 1. The molecule has 0 aliphatic carbocycles. The number of aryl methyl sites for hydroxylation is 2. The maximum absolute atomic E-state index is 13.9. The second kappa shape index (κ2) is 14.4. The lowest BCUT2D eigenvalue weighted by molar-refractivity contribution is -0.132. The van der Waals surface area contributed by atoms with Gasteiger partial charge in [0.15, 0.2) is 11.5 Å². The maximum atomic E-state index is 13.9. The van der Waals surface area contributed by atoms with E-state index in [1.807, 2.05) is 74.6 Å². The fourth-order valence-corrected chi connectivity index (χ4v) is 4.82. The van der Waals surface area contributed by atoms with Crippen LogP contribution in [-0.4, -0.2) is 74.3 Å². The van der Waals surface area contributed by atoms with Gasteiger partial charge in [0.25, 0.3) is 0 Å². The number of ether oxygens (including phenoxy) is 3. The first-order valence-corrected chi connectivity index (χ1v) is 14.0. The second-order valence-electron chi connectivity index (χ2n) is 10.3. The van der Waals surface area contributed by atoms with Crippen molar-refractivity contribution in [3.8, 4) is 11.5 Å². The Morgan fingerprint density at radius 2 is 1.64 bits per heavy atom. The molecule has 4 rings (SSSR count). The average molecular weight is 573 g/mol. The van der Waals surface area contributed by atoms with E-state index in [1.54, 1.807) is 26.2 Å². The highest BCUT2D eigenvalue weighted by molar-refractivity contribution is 5.92. The molecule has 2 N–H and O–H groups in total. The first kappa shape index (κ1) is 30.5. The first-order chi connectivity index (χ1) is 20.3. The minimum Gasteiger partial charge on any atom is -0.493 e. The van der Waals surface area contributed by atoms with Crippen molar-refractivity contribution in [1.29, 1.82) is 0 Å². The Labute approximate surface area is 247 Å². The van der Waals surface area contributed by atoms with Crippen molar-refractivity contribution >= 4 is 28.5 Å². The van der Waals surface area contributed by atoms with Crippen LogP contribution < -0.4 is 14.8 Å². The van der Waals surface area contributed by atoms with Crippen LogP contribution in [0.4, 0.5) is 10.5 Å². The summed E-state index contributed by atoms with van der Waals surface area (Å²) in [5.41, 5.74) is 5.96. The zero-order chi connectivity index (χ0) is 30.1. The molecule has 0 unspecified atom stereocenters. The van der Waals surface area contributed by atoms with Crippen molar-refractivity contribution in [2.75, 3.05) is 52.9 Å². The number of rotatable bonds is 13. The zero-order valence-corrected chi connectivity index (χ0v) is 25.0. The van der Waals surface area contributed by atoms with Crippen molar-refractivity contribution in [3.63, 3.8) is 0 Å². The topological polar surface area (TPSA) is 96.1 Å². The van der Waals surface area contributed by atoms with Gasteiger partial charge in [-0.25, -0.2) is 4.79 Å². The smallest absolute Gasteiger partial charge is 0.322 e. The van der Waals surface area contributed by atoms with Gasteiger partial charge in [-0.1, -0.05) is 30.3 Å².